The van der Waals surface area contributed by atoms with Crippen molar-refractivity contribution >= 4 is 22.8 Å². The van der Waals surface area contributed by atoms with Crippen molar-refractivity contribution in [3.05, 3.63) is 35.0 Å². The van der Waals surface area contributed by atoms with Gasteiger partial charge in [0.1, 0.15) is 11.3 Å². The molecule has 0 unspecified atom stereocenters. The van der Waals surface area contributed by atoms with E-state index in [9.17, 15) is 14.7 Å². The van der Waals surface area contributed by atoms with Gasteiger partial charge in [0, 0.05) is 5.39 Å². The summed E-state index contributed by atoms with van der Waals surface area (Å²) in [5.41, 5.74) is 0.570. The number of carbonyl (C=O) groups is 2. The van der Waals surface area contributed by atoms with Crippen LogP contribution in [0.1, 0.15) is 26.4 Å². The molecular formula is C14H13NO5. The summed E-state index contributed by atoms with van der Waals surface area (Å²) in [4.78, 5) is 27.6. The van der Waals surface area contributed by atoms with Crippen LogP contribution in [0.5, 0.6) is 5.75 Å². The second-order valence-corrected chi connectivity index (χ2v) is 4.14. The van der Waals surface area contributed by atoms with Crippen LogP contribution in [0, 0.1) is 6.92 Å². The Kier molecular flexibility index (Phi) is 3.56. The second kappa shape index (κ2) is 5.16. The van der Waals surface area contributed by atoms with Gasteiger partial charge in [0.2, 0.25) is 0 Å². The number of pyridine rings is 1. The van der Waals surface area contributed by atoms with Crippen molar-refractivity contribution in [3.8, 4) is 5.75 Å². The van der Waals surface area contributed by atoms with E-state index in [0.717, 1.165) is 12.7 Å². The van der Waals surface area contributed by atoms with Crippen molar-refractivity contribution in [2.24, 2.45) is 0 Å². The Bertz CT molecular complexity index is 708. The van der Waals surface area contributed by atoms with Gasteiger partial charge in [-0.05, 0) is 18.6 Å². The first kappa shape index (κ1) is 13.8. The molecule has 2 aromatic rings. The van der Waals surface area contributed by atoms with Gasteiger partial charge >= 0.3 is 11.9 Å². The fourth-order valence-corrected chi connectivity index (χ4v) is 2.01. The summed E-state index contributed by atoms with van der Waals surface area (Å²) in [7, 11) is 2.33. The van der Waals surface area contributed by atoms with E-state index >= 15 is 0 Å². The molecule has 1 N–H and O–H groups in total. The number of esters is 2. The number of fused-ring (bicyclic) bond motifs is 1. The average Bonchev–Trinajstić information content (AvgIpc) is 2.45. The zero-order valence-electron chi connectivity index (χ0n) is 11.3. The highest BCUT2D eigenvalue weighted by atomic mass is 16.5. The molecule has 0 aliphatic heterocycles. The first-order valence-corrected chi connectivity index (χ1v) is 5.80. The van der Waals surface area contributed by atoms with Gasteiger partial charge in [-0.1, -0.05) is 12.1 Å². The molecule has 0 saturated carbocycles. The van der Waals surface area contributed by atoms with E-state index in [1.165, 1.54) is 7.11 Å². The van der Waals surface area contributed by atoms with Gasteiger partial charge in [0.25, 0.3) is 0 Å². The summed E-state index contributed by atoms with van der Waals surface area (Å²) in [6, 6.07) is 5.14. The molecule has 104 valence electrons. The number of aromatic hydroxyl groups is 1. The number of ether oxygens (including phenoxy) is 2. The van der Waals surface area contributed by atoms with Crippen molar-refractivity contribution in [2.75, 3.05) is 14.2 Å². The molecule has 1 aromatic heterocycles. The van der Waals surface area contributed by atoms with Gasteiger partial charge in [0.05, 0.1) is 19.7 Å². The lowest BCUT2D eigenvalue weighted by Gasteiger charge is -2.11. The van der Waals surface area contributed by atoms with Crippen LogP contribution in [0.15, 0.2) is 18.2 Å². The Hall–Kier alpha value is -2.63. The molecule has 6 heteroatoms. The van der Waals surface area contributed by atoms with Crippen LogP contribution in [0.2, 0.25) is 0 Å². The van der Waals surface area contributed by atoms with E-state index < -0.39 is 11.9 Å². The van der Waals surface area contributed by atoms with E-state index in [4.69, 9.17) is 0 Å². The third-order valence-corrected chi connectivity index (χ3v) is 2.96. The number of aryl methyl sites for hydroxylation is 1. The first-order chi connectivity index (χ1) is 9.51. The normalized spacial score (nSPS) is 10.3. The molecular weight excluding hydrogens is 262 g/mol. The Morgan fingerprint density at radius 2 is 1.80 bits per heavy atom. The molecule has 0 radical (unpaired) electrons. The predicted octanol–water partition coefficient (Wildman–Crippen LogP) is 1.82. The Labute approximate surface area is 115 Å². The highest BCUT2D eigenvalue weighted by molar-refractivity contribution is 6.08. The second-order valence-electron chi connectivity index (χ2n) is 4.14. The van der Waals surface area contributed by atoms with Crippen molar-refractivity contribution in [3.63, 3.8) is 0 Å². The van der Waals surface area contributed by atoms with Crippen molar-refractivity contribution in [1.82, 2.24) is 4.98 Å². The van der Waals surface area contributed by atoms with E-state index in [1.807, 2.05) is 0 Å². The third kappa shape index (κ3) is 2.05. The number of benzene rings is 1. The summed E-state index contributed by atoms with van der Waals surface area (Å²) in [5.74, 6) is -2.00. The summed E-state index contributed by atoms with van der Waals surface area (Å²) < 4.78 is 9.18. The number of carbonyl (C=O) groups excluding carboxylic acids is 2. The minimum atomic E-state index is -0.847. The average molecular weight is 275 g/mol. The third-order valence-electron chi connectivity index (χ3n) is 2.96. The van der Waals surface area contributed by atoms with Crippen LogP contribution in [-0.4, -0.2) is 36.2 Å². The van der Waals surface area contributed by atoms with E-state index in [-0.39, 0.29) is 17.0 Å². The minimum absolute atomic E-state index is 0.269. The van der Waals surface area contributed by atoms with Crippen molar-refractivity contribution in [1.29, 1.82) is 0 Å². The summed E-state index contributed by atoms with van der Waals surface area (Å²) >= 11 is 0. The number of aromatic nitrogens is 1. The topological polar surface area (TPSA) is 85.7 Å². The zero-order chi connectivity index (χ0) is 14.9. The standard InChI is InChI=1S/C14H13NO5/c1-7-5-4-6-8-9(7)12(16)10(13(17)19-2)11(15-8)14(18)20-3/h4-6H,1-3H3,(H,15,16). The molecule has 0 aliphatic rings. The number of hydrogen-bond acceptors (Lipinski definition) is 6. The van der Waals surface area contributed by atoms with Crippen LogP contribution < -0.4 is 0 Å². The molecule has 0 bridgehead atoms. The lowest BCUT2D eigenvalue weighted by Crippen LogP contribution is -2.14. The minimum Gasteiger partial charge on any atom is -0.506 e. The number of methoxy groups -OCH3 is 2. The van der Waals surface area contributed by atoms with E-state index in [0.29, 0.717) is 10.9 Å². The zero-order valence-corrected chi connectivity index (χ0v) is 11.3. The molecule has 2 rings (SSSR count). The van der Waals surface area contributed by atoms with Crippen molar-refractivity contribution in [2.45, 2.75) is 6.92 Å². The first-order valence-electron chi connectivity index (χ1n) is 5.80. The van der Waals surface area contributed by atoms with E-state index in [1.54, 1.807) is 25.1 Å². The maximum Gasteiger partial charge on any atom is 0.357 e. The Morgan fingerprint density at radius 3 is 2.40 bits per heavy atom. The van der Waals surface area contributed by atoms with Crippen molar-refractivity contribution < 1.29 is 24.2 Å². The Morgan fingerprint density at radius 1 is 1.15 bits per heavy atom. The Balaban J connectivity index is 2.91. The lowest BCUT2D eigenvalue weighted by molar-refractivity contribution is 0.0547. The van der Waals surface area contributed by atoms with Gasteiger partial charge < -0.3 is 14.6 Å². The molecule has 1 aromatic carbocycles. The SMILES string of the molecule is COC(=O)c1nc2cccc(C)c2c(O)c1C(=O)OC. The maximum atomic E-state index is 11.8. The largest absolute Gasteiger partial charge is 0.506 e. The molecule has 0 amide bonds. The number of rotatable bonds is 2. The highest BCUT2D eigenvalue weighted by Crippen LogP contribution is 2.32. The fourth-order valence-electron chi connectivity index (χ4n) is 2.01. The summed E-state index contributed by atoms with van der Waals surface area (Å²) in [5, 5.41) is 10.7. The molecule has 1 heterocycles. The van der Waals surface area contributed by atoms with Crippen LogP contribution in [-0.2, 0) is 9.47 Å². The predicted molar refractivity (Wildman–Crippen MR) is 70.8 cm³/mol. The molecule has 20 heavy (non-hydrogen) atoms. The quantitative estimate of drug-likeness (QED) is 0.841. The fraction of sp³-hybridized carbons (Fsp3) is 0.214. The smallest absolute Gasteiger partial charge is 0.357 e. The molecule has 0 fully saturated rings. The molecule has 6 nitrogen and oxygen atoms in total. The number of nitrogens with zero attached hydrogens (tertiary/aromatic N) is 1. The van der Waals surface area contributed by atoms with Crippen LogP contribution in [0.25, 0.3) is 10.9 Å². The molecule has 0 saturated heterocycles. The van der Waals surface area contributed by atoms with Gasteiger partial charge in [-0.2, -0.15) is 0 Å². The monoisotopic (exact) mass is 275 g/mol. The van der Waals surface area contributed by atoms with Gasteiger partial charge in [-0.3, -0.25) is 0 Å². The summed E-state index contributed by atoms with van der Waals surface area (Å²) in [6.07, 6.45) is 0. The van der Waals surface area contributed by atoms with Crippen LogP contribution in [0.3, 0.4) is 0 Å². The van der Waals surface area contributed by atoms with Gasteiger partial charge in [0.15, 0.2) is 5.69 Å². The molecule has 0 spiro atoms. The van der Waals surface area contributed by atoms with Gasteiger partial charge in [-0.15, -0.1) is 0 Å². The van der Waals surface area contributed by atoms with E-state index in [2.05, 4.69) is 14.5 Å². The molecule has 0 atom stereocenters. The lowest BCUT2D eigenvalue weighted by atomic mass is 10.0. The maximum absolute atomic E-state index is 11.8. The number of hydrogen-bond donors (Lipinski definition) is 1. The molecule has 0 aliphatic carbocycles. The van der Waals surface area contributed by atoms with Gasteiger partial charge in [-0.25, -0.2) is 14.6 Å². The summed E-state index contributed by atoms with van der Waals surface area (Å²) in [6.45, 7) is 1.77. The highest BCUT2D eigenvalue weighted by Gasteiger charge is 2.27. The van der Waals surface area contributed by atoms with Crippen LogP contribution in [0.4, 0.5) is 0 Å². The van der Waals surface area contributed by atoms with Crippen LogP contribution >= 0.6 is 0 Å².